The lowest BCUT2D eigenvalue weighted by Gasteiger charge is -2.36. The topological polar surface area (TPSA) is 30.5 Å². The van der Waals surface area contributed by atoms with Crippen molar-refractivity contribution < 1.29 is 9.47 Å². The van der Waals surface area contributed by atoms with Gasteiger partial charge in [-0.1, -0.05) is 19.1 Å². The van der Waals surface area contributed by atoms with Crippen LogP contribution in [0.2, 0.25) is 0 Å². The molecule has 1 fully saturated rings. The first kappa shape index (κ1) is 15.3. The van der Waals surface area contributed by atoms with E-state index < -0.39 is 0 Å². The van der Waals surface area contributed by atoms with Gasteiger partial charge in [-0.3, -0.25) is 0 Å². The lowest BCUT2D eigenvalue weighted by atomic mass is 9.76. The van der Waals surface area contributed by atoms with Gasteiger partial charge in [-0.2, -0.15) is 0 Å². The maximum absolute atomic E-state index is 5.48. The Morgan fingerprint density at radius 2 is 1.90 bits per heavy atom. The summed E-state index contributed by atoms with van der Waals surface area (Å²) in [7, 11) is 1.71. The zero-order valence-electron chi connectivity index (χ0n) is 12.7. The van der Waals surface area contributed by atoms with Gasteiger partial charge in [-0.25, -0.2) is 0 Å². The Bertz CT molecular complexity index is 371. The quantitative estimate of drug-likeness (QED) is 0.702. The molecular formula is C17H27NO2. The summed E-state index contributed by atoms with van der Waals surface area (Å²) in [4.78, 5) is 0. The Morgan fingerprint density at radius 3 is 2.55 bits per heavy atom. The molecule has 112 valence electrons. The lowest BCUT2D eigenvalue weighted by Crippen LogP contribution is -2.40. The minimum Gasteiger partial charge on any atom is -0.497 e. The number of ether oxygens (including phenoxy) is 2. The van der Waals surface area contributed by atoms with E-state index in [0.717, 1.165) is 44.3 Å². The maximum atomic E-state index is 5.48. The van der Waals surface area contributed by atoms with Gasteiger partial charge in [0.15, 0.2) is 0 Å². The second kappa shape index (κ2) is 8.28. The fourth-order valence-corrected chi connectivity index (χ4v) is 2.66. The highest BCUT2D eigenvalue weighted by molar-refractivity contribution is 5.30. The molecule has 0 amide bonds. The standard InChI is InChI=1S/C17H27NO2/c1-3-10-20-11-4-9-18-16-12-15(13-16)14-5-7-17(19-2)8-6-14/h5-8,15-16,18H,3-4,9-13H2,1-2H3. The fourth-order valence-electron chi connectivity index (χ4n) is 2.66. The predicted molar refractivity (Wildman–Crippen MR) is 82.5 cm³/mol. The Balaban J connectivity index is 1.57. The highest BCUT2D eigenvalue weighted by Crippen LogP contribution is 2.37. The molecule has 0 radical (unpaired) electrons. The first-order chi connectivity index (χ1) is 9.83. The average Bonchev–Trinajstić information content (AvgIpc) is 2.45. The Hall–Kier alpha value is -1.06. The first-order valence-electron chi connectivity index (χ1n) is 7.78. The van der Waals surface area contributed by atoms with E-state index in [2.05, 4.69) is 36.5 Å². The van der Waals surface area contributed by atoms with E-state index in [1.54, 1.807) is 7.11 Å². The molecule has 0 heterocycles. The molecule has 20 heavy (non-hydrogen) atoms. The molecule has 1 aliphatic carbocycles. The zero-order chi connectivity index (χ0) is 14.2. The van der Waals surface area contributed by atoms with Crippen LogP contribution in [-0.4, -0.2) is 32.9 Å². The van der Waals surface area contributed by atoms with Crippen molar-refractivity contribution in [3.05, 3.63) is 29.8 Å². The third-order valence-corrected chi connectivity index (χ3v) is 3.97. The largest absolute Gasteiger partial charge is 0.497 e. The number of methoxy groups -OCH3 is 1. The van der Waals surface area contributed by atoms with Gasteiger partial charge < -0.3 is 14.8 Å². The molecule has 1 aromatic carbocycles. The van der Waals surface area contributed by atoms with Gasteiger partial charge in [0.2, 0.25) is 0 Å². The van der Waals surface area contributed by atoms with Crippen LogP contribution in [0.3, 0.4) is 0 Å². The van der Waals surface area contributed by atoms with E-state index in [1.165, 1.54) is 18.4 Å². The highest BCUT2D eigenvalue weighted by Gasteiger charge is 2.29. The predicted octanol–water partition coefficient (Wildman–Crippen LogP) is 3.35. The SMILES string of the molecule is CCCOCCCNC1CC(c2ccc(OC)cc2)C1. The minimum absolute atomic E-state index is 0.688. The van der Waals surface area contributed by atoms with Crippen LogP contribution in [0.25, 0.3) is 0 Å². The Morgan fingerprint density at radius 1 is 1.15 bits per heavy atom. The lowest BCUT2D eigenvalue weighted by molar-refractivity contribution is 0.130. The van der Waals surface area contributed by atoms with Gasteiger partial charge in [-0.15, -0.1) is 0 Å². The summed E-state index contributed by atoms with van der Waals surface area (Å²) in [5.74, 6) is 1.66. The summed E-state index contributed by atoms with van der Waals surface area (Å²) in [6, 6.07) is 9.19. The van der Waals surface area contributed by atoms with Crippen molar-refractivity contribution in [2.24, 2.45) is 0 Å². The van der Waals surface area contributed by atoms with Crippen LogP contribution in [0.1, 0.15) is 44.1 Å². The van der Waals surface area contributed by atoms with Crippen LogP contribution in [-0.2, 0) is 4.74 Å². The van der Waals surface area contributed by atoms with Crippen molar-refractivity contribution in [2.75, 3.05) is 26.9 Å². The summed E-state index contributed by atoms with van der Waals surface area (Å²) in [5.41, 5.74) is 1.44. The van der Waals surface area contributed by atoms with Gasteiger partial charge in [0, 0.05) is 19.3 Å². The van der Waals surface area contributed by atoms with E-state index in [1.807, 2.05) is 0 Å². The fraction of sp³-hybridized carbons (Fsp3) is 0.647. The highest BCUT2D eigenvalue weighted by atomic mass is 16.5. The number of hydrogen-bond donors (Lipinski definition) is 1. The molecule has 0 aromatic heterocycles. The molecule has 3 heteroatoms. The van der Waals surface area contributed by atoms with Crippen LogP contribution >= 0.6 is 0 Å². The van der Waals surface area contributed by atoms with E-state index >= 15 is 0 Å². The molecule has 1 saturated carbocycles. The van der Waals surface area contributed by atoms with E-state index in [-0.39, 0.29) is 0 Å². The monoisotopic (exact) mass is 277 g/mol. The van der Waals surface area contributed by atoms with Gasteiger partial charge in [0.1, 0.15) is 5.75 Å². The maximum Gasteiger partial charge on any atom is 0.118 e. The van der Waals surface area contributed by atoms with Crippen molar-refractivity contribution in [1.82, 2.24) is 5.32 Å². The van der Waals surface area contributed by atoms with Gasteiger partial charge in [0.25, 0.3) is 0 Å². The van der Waals surface area contributed by atoms with Crippen LogP contribution in [0.4, 0.5) is 0 Å². The molecule has 1 aliphatic rings. The molecule has 0 atom stereocenters. The van der Waals surface area contributed by atoms with Crippen molar-refractivity contribution in [2.45, 2.75) is 44.6 Å². The second-order valence-corrected chi connectivity index (χ2v) is 5.56. The minimum atomic E-state index is 0.688. The molecule has 1 aromatic rings. The van der Waals surface area contributed by atoms with E-state index in [0.29, 0.717) is 6.04 Å². The molecular weight excluding hydrogens is 250 g/mol. The third-order valence-electron chi connectivity index (χ3n) is 3.97. The Kier molecular flexibility index (Phi) is 6.34. The van der Waals surface area contributed by atoms with Crippen molar-refractivity contribution in [3.8, 4) is 5.75 Å². The smallest absolute Gasteiger partial charge is 0.118 e. The zero-order valence-corrected chi connectivity index (χ0v) is 12.7. The third kappa shape index (κ3) is 4.50. The van der Waals surface area contributed by atoms with Gasteiger partial charge in [-0.05, 0) is 55.8 Å². The van der Waals surface area contributed by atoms with E-state index in [4.69, 9.17) is 9.47 Å². The molecule has 0 unspecified atom stereocenters. The number of hydrogen-bond acceptors (Lipinski definition) is 3. The number of rotatable bonds is 9. The summed E-state index contributed by atoms with van der Waals surface area (Å²) in [6.45, 7) is 4.99. The second-order valence-electron chi connectivity index (χ2n) is 5.56. The molecule has 0 saturated heterocycles. The van der Waals surface area contributed by atoms with Crippen LogP contribution in [0, 0.1) is 0 Å². The first-order valence-corrected chi connectivity index (χ1v) is 7.78. The van der Waals surface area contributed by atoms with Crippen LogP contribution in [0.15, 0.2) is 24.3 Å². The van der Waals surface area contributed by atoms with Crippen molar-refractivity contribution in [1.29, 1.82) is 0 Å². The van der Waals surface area contributed by atoms with Crippen molar-refractivity contribution >= 4 is 0 Å². The molecule has 1 N–H and O–H groups in total. The Labute approximate surface area is 122 Å². The molecule has 0 spiro atoms. The molecule has 0 bridgehead atoms. The summed E-state index contributed by atoms with van der Waals surface area (Å²) >= 11 is 0. The van der Waals surface area contributed by atoms with Gasteiger partial charge >= 0.3 is 0 Å². The molecule has 2 rings (SSSR count). The van der Waals surface area contributed by atoms with Gasteiger partial charge in [0.05, 0.1) is 7.11 Å². The normalized spacial score (nSPS) is 21.5. The number of nitrogens with one attached hydrogen (secondary N) is 1. The van der Waals surface area contributed by atoms with Crippen LogP contribution in [0.5, 0.6) is 5.75 Å². The van der Waals surface area contributed by atoms with E-state index in [9.17, 15) is 0 Å². The average molecular weight is 277 g/mol. The molecule has 3 nitrogen and oxygen atoms in total. The van der Waals surface area contributed by atoms with Crippen LogP contribution < -0.4 is 10.1 Å². The summed E-state index contributed by atoms with van der Waals surface area (Å²) in [6.07, 6.45) is 4.73. The summed E-state index contributed by atoms with van der Waals surface area (Å²) < 4.78 is 10.7. The van der Waals surface area contributed by atoms with Crippen molar-refractivity contribution in [3.63, 3.8) is 0 Å². The summed E-state index contributed by atoms with van der Waals surface area (Å²) in [5, 5.41) is 3.61. The number of benzene rings is 1. The molecule has 0 aliphatic heterocycles.